The van der Waals surface area contributed by atoms with Crippen LogP contribution in [0.15, 0.2) is 42.5 Å². The van der Waals surface area contributed by atoms with Gasteiger partial charge in [-0.2, -0.15) is 11.8 Å². The van der Waals surface area contributed by atoms with Gasteiger partial charge in [-0.25, -0.2) is 8.78 Å². The fourth-order valence-electron chi connectivity index (χ4n) is 1.76. The molecule has 1 amide bonds. The van der Waals surface area contributed by atoms with E-state index in [1.807, 2.05) is 0 Å². The van der Waals surface area contributed by atoms with Crippen LogP contribution in [0.3, 0.4) is 0 Å². The second-order valence-corrected chi connectivity index (χ2v) is 6.09. The van der Waals surface area contributed by atoms with Gasteiger partial charge in [0.25, 0.3) is 0 Å². The zero-order chi connectivity index (χ0) is 15.9. The third-order valence-electron chi connectivity index (χ3n) is 2.87. The molecule has 2 rings (SSSR count). The van der Waals surface area contributed by atoms with E-state index < -0.39 is 11.6 Å². The summed E-state index contributed by atoms with van der Waals surface area (Å²) in [5.74, 6) is -0.736. The van der Waals surface area contributed by atoms with Gasteiger partial charge in [-0.05, 0) is 29.8 Å². The van der Waals surface area contributed by atoms with Crippen LogP contribution in [-0.4, -0.2) is 11.7 Å². The maximum absolute atomic E-state index is 13.0. The lowest BCUT2D eigenvalue weighted by Crippen LogP contribution is -2.12. The largest absolute Gasteiger partial charge is 0.325 e. The molecule has 0 saturated heterocycles. The fourth-order valence-corrected chi connectivity index (χ4v) is 2.83. The van der Waals surface area contributed by atoms with Crippen molar-refractivity contribution in [3.05, 3.63) is 64.7 Å². The van der Waals surface area contributed by atoms with Crippen LogP contribution in [0.4, 0.5) is 14.5 Å². The number of benzene rings is 2. The molecule has 2 aromatic carbocycles. The van der Waals surface area contributed by atoms with Crippen LogP contribution in [0, 0.1) is 11.6 Å². The average Bonchev–Trinajstić information content (AvgIpc) is 2.49. The van der Waals surface area contributed by atoms with E-state index in [1.165, 1.54) is 23.9 Å². The Kier molecular flexibility index (Phi) is 6.21. The van der Waals surface area contributed by atoms with Crippen molar-refractivity contribution in [3.63, 3.8) is 0 Å². The van der Waals surface area contributed by atoms with Gasteiger partial charge < -0.3 is 5.32 Å². The lowest BCUT2D eigenvalue weighted by molar-refractivity contribution is -0.115. The Morgan fingerprint density at radius 2 is 1.91 bits per heavy atom. The minimum Gasteiger partial charge on any atom is -0.325 e. The Bertz CT molecular complexity index is 666. The number of hydrogen-bond acceptors (Lipinski definition) is 2. The predicted molar refractivity (Wildman–Crippen MR) is 87.2 cm³/mol. The molecule has 0 aliphatic rings. The zero-order valence-corrected chi connectivity index (χ0v) is 13.2. The first-order chi connectivity index (χ1) is 10.6. The van der Waals surface area contributed by atoms with Crippen molar-refractivity contribution in [2.75, 3.05) is 11.1 Å². The number of amides is 1. The number of hydrogen-bond donors (Lipinski definition) is 1. The van der Waals surface area contributed by atoms with Crippen LogP contribution in [0.25, 0.3) is 0 Å². The Morgan fingerprint density at radius 1 is 1.14 bits per heavy atom. The summed E-state index contributed by atoms with van der Waals surface area (Å²) in [7, 11) is 0. The molecule has 2 nitrogen and oxygen atoms in total. The second-order valence-electron chi connectivity index (χ2n) is 4.58. The highest BCUT2D eigenvalue weighted by Crippen LogP contribution is 2.21. The summed E-state index contributed by atoms with van der Waals surface area (Å²) in [6, 6.07) is 10.8. The molecule has 116 valence electrons. The van der Waals surface area contributed by atoms with Gasteiger partial charge in [-0.3, -0.25) is 4.79 Å². The summed E-state index contributed by atoms with van der Waals surface area (Å²) in [4.78, 5) is 11.8. The Morgan fingerprint density at radius 3 is 2.64 bits per heavy atom. The first-order valence-corrected chi connectivity index (χ1v) is 8.15. The monoisotopic (exact) mass is 341 g/mol. The van der Waals surface area contributed by atoms with Crippen molar-refractivity contribution < 1.29 is 13.6 Å². The standard InChI is InChI=1S/C16H14ClF2NOS/c17-12-3-1-2-4-15(12)20-16(21)7-8-22-10-11-5-6-13(18)14(19)9-11/h1-6,9H,7-8,10H2,(H,20,21). The molecule has 0 bridgehead atoms. The number of carbonyl (C=O) groups is 1. The molecule has 0 heterocycles. The second kappa shape index (κ2) is 8.15. The summed E-state index contributed by atoms with van der Waals surface area (Å²) >= 11 is 7.43. The van der Waals surface area contributed by atoms with E-state index in [4.69, 9.17) is 11.6 Å². The third-order valence-corrected chi connectivity index (χ3v) is 4.23. The third kappa shape index (κ3) is 5.00. The predicted octanol–water partition coefficient (Wildman–Crippen LogP) is 4.88. The van der Waals surface area contributed by atoms with Gasteiger partial charge >= 0.3 is 0 Å². The first-order valence-electron chi connectivity index (χ1n) is 6.62. The highest BCUT2D eigenvalue weighted by molar-refractivity contribution is 7.98. The molecule has 2 aromatic rings. The van der Waals surface area contributed by atoms with E-state index in [1.54, 1.807) is 24.3 Å². The number of anilines is 1. The van der Waals surface area contributed by atoms with Gasteiger partial charge in [0.1, 0.15) is 0 Å². The topological polar surface area (TPSA) is 29.1 Å². The van der Waals surface area contributed by atoms with Crippen molar-refractivity contribution in [1.29, 1.82) is 0 Å². The van der Waals surface area contributed by atoms with Crippen LogP contribution >= 0.6 is 23.4 Å². The Hall–Kier alpha value is -1.59. The molecule has 0 aromatic heterocycles. The number of thioether (sulfide) groups is 1. The van der Waals surface area contributed by atoms with Gasteiger partial charge in [-0.15, -0.1) is 0 Å². The molecule has 1 N–H and O–H groups in total. The summed E-state index contributed by atoms with van der Waals surface area (Å²) in [6.45, 7) is 0. The lowest BCUT2D eigenvalue weighted by atomic mass is 10.2. The van der Waals surface area contributed by atoms with E-state index in [0.717, 1.165) is 6.07 Å². The van der Waals surface area contributed by atoms with Crippen LogP contribution in [0.1, 0.15) is 12.0 Å². The molecule has 6 heteroatoms. The summed E-state index contributed by atoms with van der Waals surface area (Å²) < 4.78 is 25.8. The van der Waals surface area contributed by atoms with Gasteiger partial charge in [0, 0.05) is 17.9 Å². The van der Waals surface area contributed by atoms with Crippen molar-refractivity contribution in [2.24, 2.45) is 0 Å². The number of rotatable bonds is 6. The van der Waals surface area contributed by atoms with Crippen LogP contribution in [0.5, 0.6) is 0 Å². The van der Waals surface area contributed by atoms with Crippen LogP contribution in [0.2, 0.25) is 5.02 Å². The molecule has 0 atom stereocenters. The Balaban J connectivity index is 1.73. The van der Waals surface area contributed by atoms with Crippen molar-refractivity contribution in [3.8, 4) is 0 Å². The molecular formula is C16H14ClF2NOS. The molecule has 0 spiro atoms. The minimum absolute atomic E-state index is 0.133. The molecular weight excluding hydrogens is 328 g/mol. The van der Waals surface area contributed by atoms with Gasteiger partial charge in [0.2, 0.25) is 5.91 Å². The van der Waals surface area contributed by atoms with Gasteiger partial charge in [-0.1, -0.05) is 29.8 Å². The van der Waals surface area contributed by atoms with Crippen molar-refractivity contribution in [1.82, 2.24) is 0 Å². The lowest BCUT2D eigenvalue weighted by Gasteiger charge is -2.07. The minimum atomic E-state index is -0.854. The fraction of sp³-hybridized carbons (Fsp3) is 0.188. The van der Waals surface area contributed by atoms with Gasteiger partial charge in [0.15, 0.2) is 11.6 Å². The molecule has 0 saturated carbocycles. The number of para-hydroxylation sites is 1. The molecule has 0 radical (unpaired) electrons. The summed E-state index contributed by atoms with van der Waals surface area (Å²) in [6.07, 6.45) is 0.319. The molecule has 0 unspecified atom stereocenters. The SMILES string of the molecule is O=C(CCSCc1ccc(F)c(F)c1)Nc1ccccc1Cl. The van der Waals surface area contributed by atoms with Gasteiger partial charge in [0.05, 0.1) is 10.7 Å². The quantitative estimate of drug-likeness (QED) is 0.759. The smallest absolute Gasteiger partial charge is 0.225 e. The van der Waals surface area contributed by atoms with E-state index >= 15 is 0 Å². The van der Waals surface area contributed by atoms with E-state index in [0.29, 0.717) is 34.2 Å². The maximum Gasteiger partial charge on any atom is 0.225 e. The molecule has 0 aliphatic heterocycles. The first kappa shape index (κ1) is 16.8. The number of nitrogens with one attached hydrogen (secondary N) is 1. The van der Waals surface area contributed by atoms with Crippen molar-refractivity contribution >= 4 is 35.0 Å². The highest BCUT2D eigenvalue weighted by atomic mass is 35.5. The van der Waals surface area contributed by atoms with Crippen LogP contribution in [-0.2, 0) is 10.5 Å². The Labute approximate surface area is 136 Å². The van der Waals surface area contributed by atoms with Crippen LogP contribution < -0.4 is 5.32 Å². The molecule has 0 aliphatic carbocycles. The summed E-state index contributed by atoms with van der Waals surface area (Å²) in [5, 5.41) is 3.22. The highest BCUT2D eigenvalue weighted by Gasteiger charge is 2.06. The molecule has 0 fully saturated rings. The summed E-state index contributed by atoms with van der Waals surface area (Å²) in [5.41, 5.74) is 1.27. The number of halogens is 3. The van der Waals surface area contributed by atoms with E-state index in [2.05, 4.69) is 5.32 Å². The van der Waals surface area contributed by atoms with E-state index in [9.17, 15) is 13.6 Å². The average molecular weight is 342 g/mol. The van der Waals surface area contributed by atoms with E-state index in [-0.39, 0.29) is 5.91 Å². The molecule has 22 heavy (non-hydrogen) atoms. The number of carbonyl (C=O) groups excluding carboxylic acids is 1. The van der Waals surface area contributed by atoms with Crippen molar-refractivity contribution in [2.45, 2.75) is 12.2 Å². The normalized spacial score (nSPS) is 10.5. The zero-order valence-electron chi connectivity index (χ0n) is 11.6. The maximum atomic E-state index is 13.0.